The first-order valence-electron chi connectivity index (χ1n) is 6.13. The third kappa shape index (κ3) is 2.53. The molecule has 92 valence electrons. The van der Waals surface area contributed by atoms with Crippen LogP contribution in [0.3, 0.4) is 0 Å². The van der Waals surface area contributed by atoms with Crippen LogP contribution in [0.4, 0.5) is 0 Å². The Morgan fingerprint density at radius 1 is 1.35 bits per heavy atom. The summed E-state index contributed by atoms with van der Waals surface area (Å²) in [7, 11) is 0. The van der Waals surface area contributed by atoms with Crippen LogP contribution in [0, 0.1) is 0 Å². The molecule has 3 nitrogen and oxygen atoms in total. The lowest BCUT2D eigenvalue weighted by Gasteiger charge is -2.11. The van der Waals surface area contributed by atoms with Gasteiger partial charge in [-0.25, -0.2) is 0 Å². The van der Waals surface area contributed by atoms with Gasteiger partial charge in [-0.3, -0.25) is 0 Å². The Bertz CT molecular complexity index is 391. The van der Waals surface area contributed by atoms with Gasteiger partial charge < -0.3 is 14.8 Å². The molecular weight excluding hydrogens is 234 g/mol. The summed E-state index contributed by atoms with van der Waals surface area (Å²) in [5.74, 6) is 3.11. The lowest BCUT2D eigenvalue weighted by atomic mass is 10.2. The highest BCUT2D eigenvalue weighted by atomic mass is 32.2. The number of fused-ring (bicyclic) bond motifs is 1. The summed E-state index contributed by atoms with van der Waals surface area (Å²) in [4.78, 5) is 0. The van der Waals surface area contributed by atoms with Crippen molar-refractivity contribution in [1.29, 1.82) is 0 Å². The Balaban J connectivity index is 1.56. The molecule has 1 saturated heterocycles. The Morgan fingerprint density at radius 3 is 3.24 bits per heavy atom. The zero-order valence-electron chi connectivity index (χ0n) is 9.78. The Kier molecular flexibility index (Phi) is 3.43. The van der Waals surface area contributed by atoms with E-state index in [0.29, 0.717) is 6.79 Å². The van der Waals surface area contributed by atoms with Crippen molar-refractivity contribution in [2.75, 3.05) is 19.1 Å². The Hall–Kier alpha value is -0.870. The number of rotatable bonds is 4. The summed E-state index contributed by atoms with van der Waals surface area (Å²) in [6.07, 6.45) is 2.72. The summed E-state index contributed by atoms with van der Waals surface area (Å²) in [5.41, 5.74) is 1.20. The molecule has 1 aromatic carbocycles. The number of hydrogen-bond donors (Lipinski definition) is 1. The standard InChI is InChI=1S/C13H17NO2S/c1-3-10(13-12(5-1)15-9-16-13)7-14-8-11-4-2-6-17-11/h1,3,5,11,14H,2,4,6-9H2. The number of thioether (sulfide) groups is 1. The summed E-state index contributed by atoms with van der Waals surface area (Å²) in [6.45, 7) is 2.31. The van der Waals surface area contributed by atoms with Crippen LogP contribution in [0.25, 0.3) is 0 Å². The maximum Gasteiger partial charge on any atom is 0.231 e. The molecule has 0 amide bonds. The van der Waals surface area contributed by atoms with E-state index in [9.17, 15) is 0 Å². The SMILES string of the molecule is c1cc(CNCC2CCCS2)c2c(c1)OCO2. The van der Waals surface area contributed by atoms with Gasteiger partial charge in [-0.15, -0.1) is 0 Å². The van der Waals surface area contributed by atoms with E-state index < -0.39 is 0 Å². The molecule has 1 N–H and O–H groups in total. The molecule has 0 bridgehead atoms. The van der Waals surface area contributed by atoms with E-state index in [1.165, 1.54) is 24.2 Å². The second kappa shape index (κ2) is 5.19. The zero-order chi connectivity index (χ0) is 11.5. The first kappa shape index (κ1) is 11.2. The lowest BCUT2D eigenvalue weighted by molar-refractivity contribution is 0.173. The van der Waals surface area contributed by atoms with E-state index in [4.69, 9.17) is 9.47 Å². The quantitative estimate of drug-likeness (QED) is 0.890. The fourth-order valence-electron chi connectivity index (χ4n) is 2.30. The van der Waals surface area contributed by atoms with Crippen LogP contribution < -0.4 is 14.8 Å². The third-order valence-electron chi connectivity index (χ3n) is 3.19. The van der Waals surface area contributed by atoms with Crippen molar-refractivity contribution in [3.63, 3.8) is 0 Å². The molecule has 0 spiro atoms. The van der Waals surface area contributed by atoms with Crippen molar-refractivity contribution in [2.24, 2.45) is 0 Å². The molecule has 2 aliphatic rings. The van der Waals surface area contributed by atoms with Crippen LogP contribution in [0.1, 0.15) is 18.4 Å². The highest BCUT2D eigenvalue weighted by molar-refractivity contribution is 8.00. The van der Waals surface area contributed by atoms with Crippen LogP contribution in [0.15, 0.2) is 18.2 Å². The monoisotopic (exact) mass is 251 g/mol. The highest BCUT2D eigenvalue weighted by Crippen LogP contribution is 2.35. The summed E-state index contributed by atoms with van der Waals surface area (Å²) in [5, 5.41) is 4.31. The summed E-state index contributed by atoms with van der Waals surface area (Å²) in [6, 6.07) is 6.08. The lowest BCUT2D eigenvalue weighted by Crippen LogP contribution is -2.22. The molecule has 2 aliphatic heterocycles. The van der Waals surface area contributed by atoms with Gasteiger partial charge in [0.05, 0.1) is 0 Å². The van der Waals surface area contributed by atoms with Crippen LogP contribution >= 0.6 is 11.8 Å². The third-order valence-corrected chi connectivity index (χ3v) is 4.59. The van der Waals surface area contributed by atoms with E-state index in [-0.39, 0.29) is 0 Å². The van der Waals surface area contributed by atoms with Crippen molar-refractivity contribution in [1.82, 2.24) is 5.32 Å². The molecular formula is C13H17NO2S. The van der Waals surface area contributed by atoms with Crippen molar-refractivity contribution < 1.29 is 9.47 Å². The predicted molar refractivity (Wildman–Crippen MR) is 69.8 cm³/mol. The summed E-state index contributed by atoms with van der Waals surface area (Å²) < 4.78 is 10.8. The molecule has 17 heavy (non-hydrogen) atoms. The number of para-hydroxylation sites is 1. The van der Waals surface area contributed by atoms with Gasteiger partial charge in [0.1, 0.15) is 0 Å². The minimum Gasteiger partial charge on any atom is -0.454 e. The molecule has 0 radical (unpaired) electrons. The van der Waals surface area contributed by atoms with Crippen LogP contribution in [-0.4, -0.2) is 24.3 Å². The van der Waals surface area contributed by atoms with Crippen molar-refractivity contribution in [3.8, 4) is 11.5 Å². The molecule has 1 atom stereocenters. The molecule has 0 aromatic heterocycles. The van der Waals surface area contributed by atoms with E-state index in [1.807, 2.05) is 12.1 Å². The summed E-state index contributed by atoms with van der Waals surface area (Å²) >= 11 is 2.08. The number of hydrogen-bond acceptors (Lipinski definition) is 4. The first-order chi connectivity index (χ1) is 8.43. The van der Waals surface area contributed by atoms with Gasteiger partial charge in [0.15, 0.2) is 11.5 Å². The molecule has 2 heterocycles. The van der Waals surface area contributed by atoms with Crippen molar-refractivity contribution in [2.45, 2.75) is 24.6 Å². The van der Waals surface area contributed by atoms with Gasteiger partial charge in [-0.1, -0.05) is 12.1 Å². The molecule has 0 saturated carbocycles. The van der Waals surface area contributed by atoms with E-state index in [1.54, 1.807) is 0 Å². The molecule has 0 aliphatic carbocycles. The van der Waals surface area contributed by atoms with E-state index in [0.717, 1.165) is 29.8 Å². The van der Waals surface area contributed by atoms with E-state index in [2.05, 4.69) is 23.1 Å². The van der Waals surface area contributed by atoms with Crippen molar-refractivity contribution >= 4 is 11.8 Å². The highest BCUT2D eigenvalue weighted by Gasteiger charge is 2.18. The maximum atomic E-state index is 5.48. The van der Waals surface area contributed by atoms with E-state index >= 15 is 0 Å². The molecule has 3 rings (SSSR count). The number of nitrogens with one attached hydrogen (secondary N) is 1. The van der Waals surface area contributed by atoms with Crippen LogP contribution in [0.2, 0.25) is 0 Å². The van der Waals surface area contributed by atoms with Gasteiger partial charge >= 0.3 is 0 Å². The fraction of sp³-hybridized carbons (Fsp3) is 0.538. The van der Waals surface area contributed by atoms with Gasteiger partial charge in [0.25, 0.3) is 0 Å². The fourth-order valence-corrected chi connectivity index (χ4v) is 3.54. The zero-order valence-corrected chi connectivity index (χ0v) is 10.6. The average molecular weight is 251 g/mol. The molecule has 1 unspecified atom stereocenters. The number of benzene rings is 1. The second-order valence-corrected chi connectivity index (χ2v) is 5.83. The van der Waals surface area contributed by atoms with Gasteiger partial charge in [0, 0.05) is 23.9 Å². The second-order valence-electron chi connectivity index (χ2n) is 4.42. The maximum absolute atomic E-state index is 5.48. The smallest absolute Gasteiger partial charge is 0.231 e. The minimum atomic E-state index is 0.352. The minimum absolute atomic E-state index is 0.352. The Morgan fingerprint density at radius 2 is 2.35 bits per heavy atom. The molecule has 4 heteroatoms. The van der Waals surface area contributed by atoms with Crippen LogP contribution in [0.5, 0.6) is 11.5 Å². The predicted octanol–water partition coefficient (Wildman–Crippen LogP) is 2.40. The van der Waals surface area contributed by atoms with Crippen molar-refractivity contribution in [3.05, 3.63) is 23.8 Å². The van der Waals surface area contributed by atoms with Crippen LogP contribution in [-0.2, 0) is 6.54 Å². The molecule has 1 fully saturated rings. The normalized spacial score (nSPS) is 22.0. The van der Waals surface area contributed by atoms with Gasteiger partial charge in [-0.05, 0) is 24.7 Å². The number of ether oxygens (including phenoxy) is 2. The Labute approximate surface area is 106 Å². The molecule has 1 aromatic rings. The largest absolute Gasteiger partial charge is 0.454 e. The average Bonchev–Trinajstić information content (AvgIpc) is 2.99. The first-order valence-corrected chi connectivity index (χ1v) is 7.18. The van der Waals surface area contributed by atoms with Gasteiger partial charge in [0.2, 0.25) is 6.79 Å². The van der Waals surface area contributed by atoms with Gasteiger partial charge in [-0.2, -0.15) is 11.8 Å². The topological polar surface area (TPSA) is 30.5 Å².